The first-order valence-corrected chi connectivity index (χ1v) is 20.3. The first-order valence-electron chi connectivity index (χ1n) is 20.3. The van der Waals surface area contributed by atoms with Gasteiger partial charge in [0.05, 0.1) is 0 Å². The van der Waals surface area contributed by atoms with Gasteiger partial charge in [0.2, 0.25) is 0 Å². The molecule has 1 aromatic heterocycles. The van der Waals surface area contributed by atoms with E-state index in [2.05, 4.69) is 184 Å². The van der Waals surface area contributed by atoms with E-state index in [1.807, 2.05) is 0 Å². The topological polar surface area (TPSA) is 13.1 Å². The minimum atomic E-state index is 0.922. The van der Waals surface area contributed by atoms with Crippen LogP contribution in [0.4, 0.5) is 0 Å². The Morgan fingerprint density at radius 2 is 0.807 bits per heavy atom. The van der Waals surface area contributed by atoms with Crippen molar-refractivity contribution in [1.82, 2.24) is 0 Å². The Morgan fingerprint density at radius 1 is 0.316 bits per heavy atom. The van der Waals surface area contributed by atoms with Crippen molar-refractivity contribution in [3.8, 4) is 22.3 Å². The third-order valence-electron chi connectivity index (χ3n) is 14.0. The zero-order chi connectivity index (χ0) is 39.0. The van der Waals surface area contributed by atoms with Crippen molar-refractivity contribution >= 4 is 193 Å². The summed E-state index contributed by atoms with van der Waals surface area (Å²) in [7, 11) is 18.7. The van der Waals surface area contributed by atoms with Crippen molar-refractivity contribution in [1.29, 1.82) is 0 Å². The summed E-state index contributed by atoms with van der Waals surface area (Å²) in [6, 6.07) is 45.0. The van der Waals surface area contributed by atoms with E-state index in [4.69, 9.17) is 4.42 Å². The highest BCUT2D eigenvalue weighted by Gasteiger charge is 2.27. The fourth-order valence-corrected chi connectivity index (χ4v) is 10.4. The van der Waals surface area contributed by atoms with Crippen LogP contribution in [-0.4, -0.2) is 62.8 Å². The number of hydrogen-bond donors (Lipinski definition) is 0. The maximum Gasteiger partial charge on any atom is 0.143 e. The van der Waals surface area contributed by atoms with Crippen molar-refractivity contribution in [2.75, 3.05) is 0 Å². The van der Waals surface area contributed by atoms with Crippen LogP contribution in [0.25, 0.3) is 109 Å². The molecular weight excluding hydrogens is 679 g/mol. The molecule has 0 spiro atoms. The third kappa shape index (κ3) is 4.63. The van der Waals surface area contributed by atoms with E-state index in [-0.39, 0.29) is 0 Å². The molecule has 0 atom stereocenters. The Bertz CT molecular complexity index is 3540. The van der Waals surface area contributed by atoms with Gasteiger partial charge in [-0.2, -0.15) is 0 Å². The molecular formula is C48H36B8O. The summed E-state index contributed by atoms with van der Waals surface area (Å²) in [5, 5.41) is 17.8. The van der Waals surface area contributed by atoms with Crippen LogP contribution in [0.1, 0.15) is 0 Å². The average molecular weight is 715 g/mol. The summed E-state index contributed by atoms with van der Waals surface area (Å²) in [5.41, 5.74) is 17.9. The standard InChI is InChI=1S/C48H36B8O/c49-40-36-34(24-16-18-32-30(19-24)29-17-15-22-8-2-4-10-26(22)48(29)57-32)37-39(43(52)47(56)45(54)41(37)50)35(38(36)42(51)46(55)44(40)53)31-20-23-14-13-21-7-1-3-9-25(21)33(23)28-12-6-5-11-27(28)31/h1-20H,49-56H2. The van der Waals surface area contributed by atoms with E-state index in [9.17, 15) is 0 Å². The maximum atomic E-state index is 6.67. The molecule has 1 heterocycles. The minimum Gasteiger partial charge on any atom is -0.455 e. The summed E-state index contributed by atoms with van der Waals surface area (Å²) in [6.07, 6.45) is 0. The number of hydrogen-bond acceptors (Lipinski definition) is 1. The zero-order valence-corrected chi connectivity index (χ0v) is 34.0. The smallest absolute Gasteiger partial charge is 0.143 e. The lowest BCUT2D eigenvalue weighted by Gasteiger charge is -2.28. The third-order valence-corrected chi connectivity index (χ3v) is 14.0. The van der Waals surface area contributed by atoms with Gasteiger partial charge < -0.3 is 4.42 Å². The lowest BCUT2D eigenvalue weighted by molar-refractivity contribution is 0.672. The molecule has 10 aromatic carbocycles. The van der Waals surface area contributed by atoms with Crippen molar-refractivity contribution in [3.63, 3.8) is 0 Å². The molecule has 11 rings (SSSR count). The summed E-state index contributed by atoms with van der Waals surface area (Å²) in [6.45, 7) is 0. The predicted octanol–water partition coefficient (Wildman–Crippen LogP) is -0.0936. The van der Waals surface area contributed by atoms with E-state index in [1.54, 1.807) is 0 Å². The lowest BCUT2D eigenvalue weighted by atomic mass is 9.59. The lowest BCUT2D eigenvalue weighted by Crippen LogP contribution is -2.50. The second kappa shape index (κ2) is 12.3. The molecule has 0 bridgehead atoms. The van der Waals surface area contributed by atoms with Gasteiger partial charge in [-0.05, 0) is 106 Å². The molecule has 0 saturated carbocycles. The predicted molar refractivity (Wildman–Crippen MR) is 275 cm³/mol. The minimum absolute atomic E-state index is 0.922. The Hall–Kier alpha value is -5.92. The first kappa shape index (κ1) is 34.3. The molecule has 57 heavy (non-hydrogen) atoms. The van der Waals surface area contributed by atoms with Gasteiger partial charge in [0.25, 0.3) is 0 Å². The van der Waals surface area contributed by atoms with Crippen LogP contribution in [0, 0.1) is 0 Å². The summed E-state index contributed by atoms with van der Waals surface area (Å²) in [4.78, 5) is 0. The first-order chi connectivity index (χ1) is 27.6. The fourth-order valence-electron chi connectivity index (χ4n) is 10.4. The van der Waals surface area contributed by atoms with Gasteiger partial charge in [-0.1, -0.05) is 119 Å². The van der Waals surface area contributed by atoms with Crippen LogP contribution >= 0.6 is 0 Å². The Kier molecular flexibility index (Phi) is 7.40. The molecule has 258 valence electrons. The molecule has 0 aliphatic rings. The van der Waals surface area contributed by atoms with E-state index >= 15 is 0 Å². The largest absolute Gasteiger partial charge is 0.455 e. The molecule has 0 N–H and O–H groups in total. The second-order valence-corrected chi connectivity index (χ2v) is 16.6. The average Bonchev–Trinajstić information content (AvgIpc) is 3.63. The zero-order valence-electron chi connectivity index (χ0n) is 34.0. The summed E-state index contributed by atoms with van der Waals surface area (Å²) >= 11 is 0. The van der Waals surface area contributed by atoms with Crippen LogP contribution in [0.2, 0.25) is 0 Å². The van der Waals surface area contributed by atoms with Crippen LogP contribution in [0.15, 0.2) is 126 Å². The molecule has 0 radical (unpaired) electrons. The molecule has 11 aromatic rings. The van der Waals surface area contributed by atoms with Gasteiger partial charge in [0, 0.05) is 16.2 Å². The Morgan fingerprint density at radius 3 is 1.44 bits per heavy atom. The summed E-state index contributed by atoms with van der Waals surface area (Å²) in [5.74, 6) is 0. The van der Waals surface area contributed by atoms with Gasteiger partial charge in [0.1, 0.15) is 73.9 Å². The summed E-state index contributed by atoms with van der Waals surface area (Å²) < 4.78 is 6.67. The van der Waals surface area contributed by atoms with Crippen molar-refractivity contribution in [3.05, 3.63) is 121 Å². The van der Waals surface area contributed by atoms with Gasteiger partial charge in [-0.15, -0.1) is 21.9 Å². The van der Waals surface area contributed by atoms with Gasteiger partial charge in [-0.25, -0.2) is 0 Å². The number of furan rings is 1. The highest BCUT2D eigenvalue weighted by atomic mass is 16.3. The van der Waals surface area contributed by atoms with Crippen molar-refractivity contribution < 1.29 is 4.42 Å². The normalized spacial score (nSPS) is 12.1. The van der Waals surface area contributed by atoms with Crippen molar-refractivity contribution in [2.24, 2.45) is 0 Å². The quantitative estimate of drug-likeness (QED) is 0.139. The molecule has 0 aliphatic heterocycles. The van der Waals surface area contributed by atoms with Gasteiger partial charge >= 0.3 is 0 Å². The van der Waals surface area contributed by atoms with Gasteiger partial charge in [-0.3, -0.25) is 0 Å². The number of benzene rings is 10. The molecule has 0 saturated heterocycles. The second-order valence-electron chi connectivity index (χ2n) is 16.6. The number of rotatable bonds is 2. The molecule has 9 heteroatoms. The SMILES string of the molecule is Bc1c(B)c(B)c2c(-c3cc4ccc5ccccc5c4c4ccccc34)c3c(B)c(B)c(B)c(B)c3c(-c3ccc4oc5c6ccccc6ccc5c4c3)c2c1B. The van der Waals surface area contributed by atoms with Crippen LogP contribution in [0.5, 0.6) is 0 Å². The molecule has 0 fully saturated rings. The van der Waals surface area contributed by atoms with Crippen LogP contribution in [0.3, 0.4) is 0 Å². The van der Waals surface area contributed by atoms with Crippen molar-refractivity contribution in [2.45, 2.75) is 0 Å². The highest BCUT2D eigenvalue weighted by molar-refractivity contribution is 6.71. The number of fused-ring (bicyclic) bond motifs is 12. The van der Waals surface area contributed by atoms with Crippen LogP contribution in [-0.2, 0) is 0 Å². The fraction of sp³-hybridized carbons (Fsp3) is 0. The maximum absolute atomic E-state index is 6.67. The highest BCUT2D eigenvalue weighted by Crippen LogP contribution is 2.46. The Balaban J connectivity index is 1.37. The van der Waals surface area contributed by atoms with E-state index in [0.717, 1.165) is 27.3 Å². The van der Waals surface area contributed by atoms with Gasteiger partial charge in [0.15, 0.2) is 0 Å². The van der Waals surface area contributed by atoms with E-state index in [1.165, 1.54) is 125 Å². The van der Waals surface area contributed by atoms with E-state index in [0.29, 0.717) is 0 Å². The molecule has 0 unspecified atom stereocenters. The van der Waals surface area contributed by atoms with E-state index < -0.39 is 0 Å². The molecule has 1 nitrogen and oxygen atoms in total. The molecule has 0 aliphatic carbocycles. The molecule has 0 amide bonds. The monoisotopic (exact) mass is 716 g/mol. The Labute approximate surface area is 339 Å². The van der Waals surface area contributed by atoms with Crippen LogP contribution < -0.4 is 43.7 Å².